The summed E-state index contributed by atoms with van der Waals surface area (Å²) in [7, 11) is 0. The summed E-state index contributed by atoms with van der Waals surface area (Å²) in [4.78, 5) is 30.5. The number of nitrogens with one attached hydrogen (secondary N) is 1. The summed E-state index contributed by atoms with van der Waals surface area (Å²) < 4.78 is 1.79. The van der Waals surface area contributed by atoms with Crippen molar-refractivity contribution in [2.24, 2.45) is 4.99 Å². The fourth-order valence-corrected chi connectivity index (χ4v) is 2.81. The van der Waals surface area contributed by atoms with Crippen molar-refractivity contribution in [1.29, 1.82) is 0 Å². The van der Waals surface area contributed by atoms with Crippen molar-refractivity contribution in [2.45, 2.75) is 6.92 Å². The molecule has 0 spiro atoms. The van der Waals surface area contributed by atoms with Gasteiger partial charge in [-0.25, -0.2) is 9.36 Å². The number of aryl methyl sites for hydroxylation is 1. The number of hydrogen-bond donors (Lipinski definition) is 3. The van der Waals surface area contributed by atoms with Crippen LogP contribution in [-0.2, 0) is 0 Å². The Morgan fingerprint density at radius 1 is 1.19 bits per heavy atom. The van der Waals surface area contributed by atoms with Gasteiger partial charge in [-0.1, -0.05) is 27.5 Å². The maximum atomic E-state index is 12.2. The number of hydrogen-bond acceptors (Lipinski definition) is 5. The maximum absolute atomic E-state index is 12.2. The van der Waals surface area contributed by atoms with Crippen molar-refractivity contribution in [3.05, 3.63) is 77.9 Å². The highest BCUT2D eigenvalue weighted by Crippen LogP contribution is 2.29. The molecule has 0 radical (unpaired) electrons. The molecular formula is C18H13BrClN3O4. The first-order chi connectivity index (χ1) is 12.8. The monoisotopic (exact) mass is 449 g/mol. The molecule has 27 heavy (non-hydrogen) atoms. The van der Waals surface area contributed by atoms with E-state index in [1.165, 1.54) is 18.2 Å². The summed E-state index contributed by atoms with van der Waals surface area (Å²) in [5.74, 6) is -0.723. The molecule has 9 heteroatoms. The van der Waals surface area contributed by atoms with Crippen LogP contribution in [0.5, 0.6) is 11.6 Å². The first-order valence-electron chi connectivity index (χ1n) is 7.65. The number of aliphatic imine (C=N–C) groups is 1. The molecule has 0 unspecified atom stereocenters. The summed E-state index contributed by atoms with van der Waals surface area (Å²) in [6.45, 7) is 1.83. The summed E-state index contributed by atoms with van der Waals surface area (Å²) in [6.07, 6.45) is 1.06. The molecular weight excluding hydrogens is 438 g/mol. The predicted octanol–water partition coefficient (Wildman–Crippen LogP) is 3.41. The molecule has 0 saturated heterocycles. The second-order valence-corrected chi connectivity index (χ2v) is 6.95. The molecule has 0 aliphatic carbocycles. The Kier molecular flexibility index (Phi) is 5.20. The zero-order valence-corrected chi connectivity index (χ0v) is 16.2. The lowest BCUT2D eigenvalue weighted by molar-refractivity contribution is 0.430. The Hall–Kier alpha value is -2.84. The number of halogens is 2. The van der Waals surface area contributed by atoms with Gasteiger partial charge in [0.2, 0.25) is 5.88 Å². The summed E-state index contributed by atoms with van der Waals surface area (Å²) >= 11 is 9.23. The number of phenolic OH excluding ortho intramolecular Hbond substituents is 1. The van der Waals surface area contributed by atoms with Crippen molar-refractivity contribution < 1.29 is 10.2 Å². The molecule has 0 aliphatic heterocycles. The SMILES string of the molecule is Cc1cc(-n2c(O)c(C=Nc3cc(Cl)ccc3O)c(=O)[nH]c2=O)ccc1Br. The number of aromatic hydroxyl groups is 2. The Morgan fingerprint density at radius 2 is 1.93 bits per heavy atom. The quantitative estimate of drug-likeness (QED) is 0.531. The Labute approximate surface area is 166 Å². The lowest BCUT2D eigenvalue weighted by Crippen LogP contribution is -2.31. The average Bonchev–Trinajstić information content (AvgIpc) is 2.60. The van der Waals surface area contributed by atoms with Gasteiger partial charge in [0.25, 0.3) is 5.56 Å². The lowest BCUT2D eigenvalue weighted by atomic mass is 10.2. The van der Waals surface area contributed by atoms with Crippen molar-refractivity contribution in [2.75, 3.05) is 0 Å². The van der Waals surface area contributed by atoms with Crippen molar-refractivity contribution in [1.82, 2.24) is 9.55 Å². The van der Waals surface area contributed by atoms with E-state index in [9.17, 15) is 19.8 Å². The van der Waals surface area contributed by atoms with Crippen molar-refractivity contribution in [3.63, 3.8) is 0 Å². The van der Waals surface area contributed by atoms with Crippen LogP contribution in [0.3, 0.4) is 0 Å². The zero-order chi connectivity index (χ0) is 19.7. The zero-order valence-electron chi connectivity index (χ0n) is 13.9. The van der Waals surface area contributed by atoms with Crippen LogP contribution in [0.1, 0.15) is 11.1 Å². The van der Waals surface area contributed by atoms with E-state index in [4.69, 9.17) is 11.6 Å². The lowest BCUT2D eigenvalue weighted by Gasteiger charge is -2.11. The Morgan fingerprint density at radius 3 is 2.63 bits per heavy atom. The van der Waals surface area contributed by atoms with Gasteiger partial charge in [-0.15, -0.1) is 0 Å². The van der Waals surface area contributed by atoms with Gasteiger partial charge in [-0.2, -0.15) is 0 Å². The van der Waals surface area contributed by atoms with Crippen LogP contribution in [0.2, 0.25) is 5.02 Å². The maximum Gasteiger partial charge on any atom is 0.335 e. The van der Waals surface area contributed by atoms with Crippen LogP contribution in [0.25, 0.3) is 5.69 Å². The van der Waals surface area contributed by atoms with Crippen molar-refractivity contribution >= 4 is 39.4 Å². The van der Waals surface area contributed by atoms with E-state index in [1.807, 2.05) is 6.92 Å². The number of nitrogens with zero attached hydrogens (tertiary/aromatic N) is 2. The van der Waals surface area contributed by atoms with Gasteiger partial charge < -0.3 is 10.2 Å². The third-order valence-corrected chi connectivity index (χ3v) is 4.92. The van der Waals surface area contributed by atoms with Crippen LogP contribution >= 0.6 is 27.5 Å². The first-order valence-corrected chi connectivity index (χ1v) is 8.82. The molecule has 138 valence electrons. The molecule has 2 aromatic carbocycles. The predicted molar refractivity (Wildman–Crippen MR) is 107 cm³/mol. The molecule has 0 aliphatic rings. The first kappa shape index (κ1) is 18.9. The summed E-state index contributed by atoms with van der Waals surface area (Å²) in [5, 5.41) is 20.7. The van der Waals surface area contributed by atoms with E-state index < -0.39 is 17.1 Å². The van der Waals surface area contributed by atoms with Gasteiger partial charge in [0, 0.05) is 15.7 Å². The molecule has 3 rings (SSSR count). The highest BCUT2D eigenvalue weighted by atomic mass is 79.9. The van der Waals surface area contributed by atoms with Gasteiger partial charge in [-0.05, 0) is 48.9 Å². The van der Waals surface area contributed by atoms with E-state index in [0.29, 0.717) is 10.7 Å². The molecule has 0 fully saturated rings. The smallest absolute Gasteiger partial charge is 0.335 e. The molecule has 1 aromatic heterocycles. The minimum atomic E-state index is -0.812. The van der Waals surface area contributed by atoms with Crippen LogP contribution in [-0.4, -0.2) is 26.0 Å². The average molecular weight is 451 g/mol. The van der Waals surface area contributed by atoms with Gasteiger partial charge in [-0.3, -0.25) is 14.8 Å². The molecule has 0 atom stereocenters. The summed E-state index contributed by atoms with van der Waals surface area (Å²) in [5.41, 5.74) is -0.526. The molecule has 3 aromatic rings. The Balaban J connectivity index is 2.16. The highest BCUT2D eigenvalue weighted by molar-refractivity contribution is 9.10. The van der Waals surface area contributed by atoms with Gasteiger partial charge in [0.15, 0.2) is 0 Å². The van der Waals surface area contributed by atoms with Crippen molar-refractivity contribution in [3.8, 4) is 17.3 Å². The second-order valence-electron chi connectivity index (χ2n) is 5.66. The largest absolute Gasteiger partial charge is 0.506 e. The number of rotatable bonds is 3. The van der Waals surface area contributed by atoms with E-state index in [1.54, 1.807) is 18.2 Å². The van der Waals surface area contributed by atoms with E-state index in [2.05, 4.69) is 25.9 Å². The fraction of sp³-hybridized carbons (Fsp3) is 0.0556. The van der Waals surface area contributed by atoms with Crippen LogP contribution < -0.4 is 11.2 Å². The molecule has 0 saturated carbocycles. The highest BCUT2D eigenvalue weighted by Gasteiger charge is 2.15. The van der Waals surface area contributed by atoms with E-state index in [-0.39, 0.29) is 17.0 Å². The minimum absolute atomic E-state index is 0.110. The van der Waals surface area contributed by atoms with Gasteiger partial charge in [0.05, 0.1) is 5.69 Å². The third-order valence-electron chi connectivity index (χ3n) is 3.79. The minimum Gasteiger partial charge on any atom is -0.506 e. The fourth-order valence-electron chi connectivity index (χ4n) is 2.40. The van der Waals surface area contributed by atoms with Crippen LogP contribution in [0.4, 0.5) is 5.69 Å². The van der Waals surface area contributed by atoms with Crippen LogP contribution in [0, 0.1) is 6.92 Å². The Bertz CT molecular complexity index is 1180. The number of H-pyrrole nitrogens is 1. The topological polar surface area (TPSA) is 108 Å². The second kappa shape index (κ2) is 7.42. The number of aromatic nitrogens is 2. The number of phenols is 1. The van der Waals surface area contributed by atoms with Gasteiger partial charge >= 0.3 is 5.69 Å². The molecule has 3 N–H and O–H groups in total. The van der Waals surface area contributed by atoms with Crippen LogP contribution in [0.15, 0.2) is 55.5 Å². The number of benzene rings is 2. The standard InChI is InChI=1S/C18H13BrClN3O4/c1-9-6-11(3-4-13(9)19)23-17(26)12(16(25)22-18(23)27)8-21-14-7-10(20)2-5-15(14)24/h2-8,24,26H,1H3,(H,22,25,27). The number of aromatic amines is 1. The molecule has 0 amide bonds. The van der Waals surface area contributed by atoms with E-state index in [0.717, 1.165) is 20.8 Å². The normalized spacial score (nSPS) is 11.2. The third kappa shape index (κ3) is 3.81. The van der Waals surface area contributed by atoms with E-state index >= 15 is 0 Å². The van der Waals surface area contributed by atoms with Gasteiger partial charge in [0.1, 0.15) is 17.0 Å². The molecule has 1 heterocycles. The summed E-state index contributed by atoms with van der Waals surface area (Å²) in [6, 6.07) is 9.24. The molecule has 0 bridgehead atoms. The molecule has 7 nitrogen and oxygen atoms in total.